The molecule has 392 valence electrons. The van der Waals surface area contributed by atoms with Crippen LogP contribution in [0, 0.1) is 6.33 Å². The van der Waals surface area contributed by atoms with E-state index in [4.69, 9.17) is 22.1 Å². The molecule has 9 aromatic carbocycles. The number of rotatable bonds is 8. The molecule has 0 N–H and O–H groups in total. The lowest BCUT2D eigenvalue weighted by Crippen LogP contribution is -2.57. The lowest BCUT2D eigenvalue weighted by molar-refractivity contribution is -0.571. The molecule has 1 aliphatic carbocycles. The molecule has 0 spiro atoms. The number of imidazole rings is 1. The number of fused-ring (bicyclic) bond motifs is 6. The summed E-state index contributed by atoms with van der Waals surface area (Å²) in [6, 6.07) is 29.3. The summed E-state index contributed by atoms with van der Waals surface area (Å²) >= 11 is 0. The molecule has 0 fully saturated rings. The number of pyridine rings is 1. The van der Waals surface area contributed by atoms with Gasteiger partial charge in [0.2, 0.25) is 0 Å². The highest BCUT2D eigenvalue weighted by atomic mass is 28.3. The third kappa shape index (κ3) is 8.01. The summed E-state index contributed by atoms with van der Waals surface area (Å²) in [7, 11) is -3.21. The zero-order chi connectivity index (χ0) is 67.9. The normalized spacial score (nSPS) is 17.6. The Morgan fingerprint density at radius 2 is 1.20 bits per heavy atom. The van der Waals surface area contributed by atoms with Gasteiger partial charge in [-0.3, -0.25) is 13.7 Å². The summed E-state index contributed by atoms with van der Waals surface area (Å²) in [5.41, 5.74) is 9.37. The van der Waals surface area contributed by atoms with E-state index in [9.17, 15) is 8.22 Å². The third-order valence-electron chi connectivity index (χ3n) is 16.9. The first-order valence-corrected chi connectivity index (χ1v) is 30.2. The van der Waals surface area contributed by atoms with E-state index in [0.29, 0.717) is 39.0 Å². The molecule has 0 unspecified atom stereocenters. The summed E-state index contributed by atoms with van der Waals surface area (Å²) < 4.78 is 147. The minimum absolute atomic E-state index is 0.0216. The van der Waals surface area contributed by atoms with Crippen LogP contribution in [-0.2, 0) is 16.2 Å². The Kier molecular flexibility index (Phi) is 8.17. The smallest absolute Gasteiger partial charge is 0.269 e. The van der Waals surface area contributed by atoms with Gasteiger partial charge < -0.3 is 4.74 Å². The van der Waals surface area contributed by atoms with Gasteiger partial charge in [0.05, 0.1) is 54.0 Å². The van der Waals surface area contributed by atoms with Crippen LogP contribution in [0.3, 0.4) is 0 Å². The molecular formula is C74H66N4OSi. The Morgan fingerprint density at radius 3 is 1.88 bits per heavy atom. The minimum atomic E-state index is -3.21. The zero-order valence-electron chi connectivity index (χ0n) is 61.2. The Balaban J connectivity index is 1.00. The number of hydrogen-bond donors (Lipinski definition) is 0. The maximum atomic E-state index is 9.32. The van der Waals surface area contributed by atoms with Gasteiger partial charge in [-0.25, -0.2) is 4.98 Å². The predicted octanol–water partition coefficient (Wildman–Crippen LogP) is 17.4. The van der Waals surface area contributed by atoms with E-state index in [1.807, 2.05) is 42.6 Å². The molecule has 0 saturated carbocycles. The van der Waals surface area contributed by atoms with Crippen molar-refractivity contribution in [2.45, 2.75) is 90.6 Å². The Morgan fingerprint density at radius 1 is 0.588 bits per heavy atom. The summed E-state index contributed by atoms with van der Waals surface area (Å²) in [5.74, 6) is 1.68. The highest BCUT2D eigenvalue weighted by molar-refractivity contribution is 7.03. The van der Waals surface area contributed by atoms with Crippen molar-refractivity contribution >= 4 is 51.3 Å². The molecule has 3 aromatic heterocycles. The van der Waals surface area contributed by atoms with Crippen LogP contribution in [-0.4, -0.2) is 22.2 Å². The fourth-order valence-electron chi connectivity index (χ4n) is 12.5. The molecule has 12 aromatic rings. The number of aromatic nitrogens is 4. The van der Waals surface area contributed by atoms with E-state index < -0.39 is 98.7 Å². The van der Waals surface area contributed by atoms with Crippen molar-refractivity contribution in [3.05, 3.63) is 235 Å². The molecule has 0 radical (unpaired) electrons. The first-order valence-electron chi connectivity index (χ1n) is 34.7. The van der Waals surface area contributed by atoms with Crippen molar-refractivity contribution in [2.75, 3.05) is 0 Å². The van der Waals surface area contributed by atoms with Gasteiger partial charge in [-0.1, -0.05) is 213 Å². The Hall–Kier alpha value is -8.58. The lowest BCUT2D eigenvalue weighted by atomic mass is 9.63. The average molecular weight is 1070 g/mol. The largest absolute Gasteiger partial charge is 0.458 e. The second-order valence-corrected chi connectivity index (χ2v) is 28.5. The molecule has 4 heterocycles. The maximum absolute atomic E-state index is 9.32. The van der Waals surface area contributed by atoms with Gasteiger partial charge in [0.25, 0.3) is 6.33 Å². The van der Waals surface area contributed by atoms with Gasteiger partial charge >= 0.3 is 0 Å². The number of hydrogen-bond acceptors (Lipinski definition) is 2. The molecule has 0 amide bonds. The first-order chi connectivity index (χ1) is 44.7. The maximum Gasteiger partial charge on any atom is 0.269 e. The SMILES string of the molecule is [2H]c1c([2H])c([2H])c(-c2cccc(-c3c([2H])c([2H])c([2H])c([2H])c3[2H])c2-[n+]2[c-]n3c4c(c(-c5c([2H])c([2H])c([2H])c([2H])c5[2H])ccc42)[Si](C)(C)c2ccc(Oc4ccc5c6cc(-c7ccc8c(c7)C(C)(C)CCC8(C)C)ccc6n(-c6cc(C(C)(C)C)ccn6)c5c4)cc2-3)c([2H])c1[2H]. The van der Waals surface area contributed by atoms with Crippen LogP contribution >= 0.6 is 0 Å². The van der Waals surface area contributed by atoms with E-state index in [1.54, 1.807) is 33.4 Å². The van der Waals surface area contributed by atoms with E-state index >= 15 is 0 Å². The number of benzene rings is 9. The van der Waals surface area contributed by atoms with Gasteiger partial charge in [0.15, 0.2) is 0 Å². The van der Waals surface area contributed by atoms with Crippen LogP contribution in [0.1, 0.15) is 98.6 Å². The van der Waals surface area contributed by atoms with Crippen LogP contribution in [0.25, 0.3) is 94.5 Å². The Bertz CT molecular complexity index is 5220. The minimum Gasteiger partial charge on any atom is -0.458 e. The molecule has 0 saturated heterocycles. The van der Waals surface area contributed by atoms with Crippen LogP contribution in [0.5, 0.6) is 11.5 Å². The molecule has 80 heavy (non-hydrogen) atoms. The Labute approximate surface area is 492 Å². The van der Waals surface area contributed by atoms with E-state index in [-0.39, 0.29) is 49.7 Å². The van der Waals surface area contributed by atoms with Crippen LogP contribution in [0.15, 0.2) is 212 Å². The zero-order valence-corrected chi connectivity index (χ0v) is 47.2. The van der Waals surface area contributed by atoms with Crippen LogP contribution in [0.4, 0.5) is 0 Å². The van der Waals surface area contributed by atoms with E-state index in [2.05, 4.69) is 121 Å². The number of ether oxygens (including phenoxy) is 1. The van der Waals surface area contributed by atoms with Crippen molar-refractivity contribution in [1.29, 1.82) is 0 Å². The van der Waals surface area contributed by atoms with Crippen molar-refractivity contribution in [2.24, 2.45) is 0 Å². The summed E-state index contributed by atoms with van der Waals surface area (Å²) in [6.45, 7) is 20.1. The molecule has 1 aliphatic heterocycles. The molecular weight excluding hydrogens is 989 g/mol. The van der Waals surface area contributed by atoms with Crippen molar-refractivity contribution in [3.8, 4) is 73.2 Å². The summed E-state index contributed by atoms with van der Waals surface area (Å²) in [5, 5.41) is 3.52. The topological polar surface area (TPSA) is 35.9 Å². The fraction of sp³-hybridized carbons (Fsp3) is 0.189. The molecule has 0 bridgehead atoms. The van der Waals surface area contributed by atoms with Crippen LogP contribution in [0.2, 0.25) is 13.1 Å². The van der Waals surface area contributed by atoms with E-state index in [1.165, 1.54) is 17.2 Å². The van der Waals surface area contributed by atoms with Gasteiger partial charge in [0.1, 0.15) is 25.4 Å². The molecule has 6 heteroatoms. The predicted molar refractivity (Wildman–Crippen MR) is 335 cm³/mol. The monoisotopic (exact) mass is 1070 g/mol. The third-order valence-corrected chi connectivity index (χ3v) is 20.4. The first kappa shape index (κ1) is 35.8. The van der Waals surface area contributed by atoms with E-state index in [0.717, 1.165) is 62.3 Å². The summed E-state index contributed by atoms with van der Waals surface area (Å²) in [4.78, 5) is 5.01. The quantitative estimate of drug-likeness (QED) is 0.0864. The highest BCUT2D eigenvalue weighted by Gasteiger charge is 2.40. The van der Waals surface area contributed by atoms with Gasteiger partial charge in [-0.05, 0) is 149 Å². The average Bonchev–Trinajstić information content (AvgIpc) is 1.62. The van der Waals surface area contributed by atoms with Crippen molar-refractivity contribution in [3.63, 3.8) is 0 Å². The van der Waals surface area contributed by atoms with Crippen molar-refractivity contribution in [1.82, 2.24) is 14.1 Å². The van der Waals surface area contributed by atoms with Crippen molar-refractivity contribution < 1.29 is 29.9 Å². The second kappa shape index (κ2) is 18.2. The highest BCUT2D eigenvalue weighted by Crippen LogP contribution is 2.48. The van der Waals surface area contributed by atoms with Gasteiger partial charge in [-0.15, -0.1) is 0 Å². The number of para-hydroxylation sites is 1. The lowest BCUT2D eigenvalue weighted by Gasteiger charge is -2.42. The standard InChI is InChI=1S/C74H66N4OSi/c1-72(2,3)53-38-41-75-68(44-53)78-63-35-29-51(52-28-34-61-62(43-52)74(6,7)40-39-73(61,4)5)42-60(63)59-32-30-54(45-65(59)78)79-55-31-37-67-66(46-55)77-47-76(64-36-33-58(50-24-17-12-18-25-50)71(70(64)77)80(67,8)9)69-56(48-20-13-10-14-21-48)26-19-27-57(69)49-22-15-11-16-23-49/h10-38,41-46H,39-40H2,1-9H3/i10D,11D,12D,13D,14D,15D,16D,17D,18D,20D,21D,22D,23D,24D,25D. The fourth-order valence-corrected chi connectivity index (χ4v) is 15.9. The molecule has 0 atom stereocenters. The summed E-state index contributed by atoms with van der Waals surface area (Å²) in [6.07, 6.45) is 7.63. The van der Waals surface area contributed by atoms with Gasteiger partial charge in [0, 0.05) is 23.0 Å². The molecule has 5 nitrogen and oxygen atoms in total. The molecule has 14 rings (SSSR count). The molecule has 2 aliphatic rings. The second-order valence-electron chi connectivity index (χ2n) is 24.2. The number of nitrogens with zero attached hydrogens (tertiary/aromatic N) is 4. The van der Waals surface area contributed by atoms with Crippen LogP contribution < -0.4 is 19.7 Å². The van der Waals surface area contributed by atoms with Gasteiger partial charge in [-0.2, -0.15) is 0 Å².